The average molecular weight is 227 g/mol. The first-order valence-corrected chi connectivity index (χ1v) is 5.85. The summed E-state index contributed by atoms with van der Waals surface area (Å²) in [5, 5.41) is 16.8. The second-order valence-electron chi connectivity index (χ2n) is 4.00. The molecule has 0 bridgehead atoms. The molecule has 0 radical (unpaired) electrons. The highest BCUT2D eigenvalue weighted by atomic mass is 16.5. The third kappa shape index (κ3) is 3.90. The van der Waals surface area contributed by atoms with Gasteiger partial charge in [0.2, 0.25) is 5.89 Å². The molecule has 5 heteroatoms. The number of aliphatic hydroxyl groups excluding tert-OH is 1. The summed E-state index contributed by atoms with van der Waals surface area (Å²) in [6, 6.07) is 0. The van der Waals surface area contributed by atoms with Crippen LogP contribution in [0.5, 0.6) is 0 Å². The normalized spacial score (nSPS) is 13.3. The van der Waals surface area contributed by atoms with Crippen LogP contribution < -0.4 is 5.32 Å². The van der Waals surface area contributed by atoms with Gasteiger partial charge in [0, 0.05) is 13.5 Å². The van der Waals surface area contributed by atoms with E-state index in [1.54, 1.807) is 6.92 Å². The molecule has 5 nitrogen and oxygen atoms in total. The number of aliphatic hydroxyl groups is 1. The van der Waals surface area contributed by atoms with E-state index in [0.29, 0.717) is 30.7 Å². The van der Waals surface area contributed by atoms with Crippen LogP contribution in [0, 0.1) is 12.8 Å². The Morgan fingerprint density at radius 1 is 1.38 bits per heavy atom. The van der Waals surface area contributed by atoms with Crippen molar-refractivity contribution >= 4 is 0 Å². The largest absolute Gasteiger partial charge is 0.392 e. The Kier molecular flexibility index (Phi) is 5.42. The molecule has 1 aromatic heterocycles. The summed E-state index contributed by atoms with van der Waals surface area (Å²) in [6.45, 7) is 7.06. The summed E-state index contributed by atoms with van der Waals surface area (Å²) in [6.07, 6.45) is 1.70. The fourth-order valence-corrected chi connectivity index (χ4v) is 1.74. The van der Waals surface area contributed by atoms with Crippen LogP contribution in [0.3, 0.4) is 0 Å². The van der Waals surface area contributed by atoms with Gasteiger partial charge in [0.05, 0.1) is 12.6 Å². The molecule has 92 valence electrons. The molecule has 0 aliphatic heterocycles. The van der Waals surface area contributed by atoms with E-state index in [0.717, 1.165) is 12.8 Å². The molecule has 0 aliphatic rings. The Morgan fingerprint density at radius 2 is 2.06 bits per heavy atom. The molecule has 2 N–H and O–H groups in total. The predicted octanol–water partition coefficient (Wildman–Crippen LogP) is 1.26. The van der Waals surface area contributed by atoms with Crippen LogP contribution in [-0.4, -0.2) is 27.9 Å². The van der Waals surface area contributed by atoms with Crippen LogP contribution in [0.15, 0.2) is 4.52 Å². The van der Waals surface area contributed by atoms with E-state index < -0.39 is 0 Å². The van der Waals surface area contributed by atoms with Crippen molar-refractivity contribution in [1.29, 1.82) is 0 Å². The van der Waals surface area contributed by atoms with E-state index >= 15 is 0 Å². The number of hydrogen-bond donors (Lipinski definition) is 2. The zero-order chi connectivity index (χ0) is 12.0. The molecule has 0 aromatic carbocycles. The Labute approximate surface area is 96.2 Å². The summed E-state index contributed by atoms with van der Waals surface area (Å²) in [4.78, 5) is 4.07. The number of aryl methyl sites for hydroxylation is 1. The fourth-order valence-electron chi connectivity index (χ4n) is 1.74. The summed E-state index contributed by atoms with van der Waals surface area (Å²) in [5.41, 5.74) is 0. The fraction of sp³-hybridized carbons (Fsp3) is 0.818. The molecule has 0 saturated heterocycles. The smallest absolute Gasteiger partial charge is 0.223 e. The lowest BCUT2D eigenvalue weighted by Crippen LogP contribution is -2.32. The highest BCUT2D eigenvalue weighted by molar-refractivity contribution is 4.83. The van der Waals surface area contributed by atoms with Crippen molar-refractivity contribution in [3.05, 3.63) is 11.7 Å². The Morgan fingerprint density at radius 3 is 2.56 bits per heavy atom. The Balaban J connectivity index is 2.24. The maximum atomic E-state index is 9.87. The molecular weight excluding hydrogens is 206 g/mol. The number of rotatable bonds is 7. The number of hydrogen-bond acceptors (Lipinski definition) is 5. The number of nitrogens with one attached hydrogen (secondary N) is 1. The van der Waals surface area contributed by atoms with Crippen LogP contribution in [0.25, 0.3) is 0 Å². The monoisotopic (exact) mass is 227 g/mol. The van der Waals surface area contributed by atoms with E-state index in [9.17, 15) is 5.11 Å². The van der Waals surface area contributed by atoms with Gasteiger partial charge in [-0.25, -0.2) is 0 Å². The first-order valence-electron chi connectivity index (χ1n) is 5.85. The zero-order valence-corrected chi connectivity index (χ0v) is 10.2. The van der Waals surface area contributed by atoms with Crippen molar-refractivity contribution in [3.8, 4) is 0 Å². The molecule has 1 aromatic rings. The summed E-state index contributed by atoms with van der Waals surface area (Å²) in [7, 11) is 0. The van der Waals surface area contributed by atoms with Crippen molar-refractivity contribution in [2.45, 2.75) is 46.3 Å². The van der Waals surface area contributed by atoms with E-state index in [4.69, 9.17) is 4.52 Å². The van der Waals surface area contributed by atoms with Crippen LogP contribution in [0.2, 0.25) is 0 Å². The third-order valence-electron chi connectivity index (χ3n) is 2.80. The van der Waals surface area contributed by atoms with Gasteiger partial charge >= 0.3 is 0 Å². The van der Waals surface area contributed by atoms with Crippen molar-refractivity contribution in [3.63, 3.8) is 0 Å². The predicted molar refractivity (Wildman–Crippen MR) is 60.8 cm³/mol. The lowest BCUT2D eigenvalue weighted by atomic mass is 9.97. The first kappa shape index (κ1) is 13.1. The molecule has 0 aliphatic carbocycles. The Bertz CT molecular complexity index is 297. The first-order chi connectivity index (χ1) is 7.67. The molecule has 0 fully saturated rings. The molecule has 1 heterocycles. The van der Waals surface area contributed by atoms with Crippen LogP contribution in [0.1, 0.15) is 38.4 Å². The molecule has 1 unspecified atom stereocenters. The minimum atomic E-state index is -0.303. The molecule has 0 saturated carbocycles. The van der Waals surface area contributed by atoms with E-state index in [1.807, 2.05) is 0 Å². The van der Waals surface area contributed by atoms with Crippen LogP contribution in [-0.2, 0) is 6.54 Å². The summed E-state index contributed by atoms with van der Waals surface area (Å²) < 4.78 is 4.85. The zero-order valence-electron chi connectivity index (χ0n) is 10.2. The van der Waals surface area contributed by atoms with Gasteiger partial charge in [0.15, 0.2) is 5.82 Å². The lowest BCUT2D eigenvalue weighted by Gasteiger charge is -2.19. The van der Waals surface area contributed by atoms with Gasteiger partial charge in [0.1, 0.15) is 0 Å². The van der Waals surface area contributed by atoms with E-state index in [1.165, 1.54) is 0 Å². The highest BCUT2D eigenvalue weighted by Crippen LogP contribution is 2.12. The molecule has 0 spiro atoms. The molecule has 0 amide bonds. The summed E-state index contributed by atoms with van der Waals surface area (Å²) >= 11 is 0. The van der Waals surface area contributed by atoms with Crippen molar-refractivity contribution in [2.24, 2.45) is 5.92 Å². The number of aromatic nitrogens is 2. The molecule has 16 heavy (non-hydrogen) atoms. The standard InChI is InChI=1S/C11H21N3O2/c1-4-9(5-2)10(15)6-12-7-11-13-8(3)16-14-11/h9-10,12,15H,4-7H2,1-3H3. The van der Waals surface area contributed by atoms with Crippen LogP contribution >= 0.6 is 0 Å². The minimum Gasteiger partial charge on any atom is -0.392 e. The van der Waals surface area contributed by atoms with Crippen molar-refractivity contribution in [2.75, 3.05) is 6.54 Å². The second kappa shape index (κ2) is 6.60. The lowest BCUT2D eigenvalue weighted by molar-refractivity contribution is 0.101. The maximum Gasteiger partial charge on any atom is 0.223 e. The SMILES string of the molecule is CCC(CC)C(O)CNCc1noc(C)n1. The maximum absolute atomic E-state index is 9.87. The third-order valence-corrected chi connectivity index (χ3v) is 2.80. The van der Waals surface area contributed by atoms with Crippen LogP contribution in [0.4, 0.5) is 0 Å². The van der Waals surface area contributed by atoms with Gasteiger partial charge in [-0.15, -0.1) is 0 Å². The molecule has 1 atom stereocenters. The van der Waals surface area contributed by atoms with E-state index in [-0.39, 0.29) is 6.10 Å². The highest BCUT2D eigenvalue weighted by Gasteiger charge is 2.14. The van der Waals surface area contributed by atoms with Gasteiger partial charge in [0.25, 0.3) is 0 Å². The number of nitrogens with zero attached hydrogens (tertiary/aromatic N) is 2. The molecular formula is C11H21N3O2. The Hall–Kier alpha value is -0.940. The van der Waals surface area contributed by atoms with E-state index in [2.05, 4.69) is 29.3 Å². The van der Waals surface area contributed by atoms with Crippen molar-refractivity contribution < 1.29 is 9.63 Å². The topological polar surface area (TPSA) is 71.2 Å². The van der Waals surface area contributed by atoms with Gasteiger partial charge in [-0.2, -0.15) is 4.98 Å². The van der Waals surface area contributed by atoms with Gasteiger partial charge in [-0.05, 0) is 5.92 Å². The van der Waals surface area contributed by atoms with Gasteiger partial charge in [-0.3, -0.25) is 0 Å². The summed E-state index contributed by atoms with van der Waals surface area (Å²) in [5.74, 6) is 1.56. The van der Waals surface area contributed by atoms with Gasteiger partial charge in [-0.1, -0.05) is 31.8 Å². The molecule has 1 rings (SSSR count). The average Bonchev–Trinajstić information content (AvgIpc) is 2.66. The minimum absolute atomic E-state index is 0.303. The van der Waals surface area contributed by atoms with Crippen molar-refractivity contribution in [1.82, 2.24) is 15.5 Å². The quantitative estimate of drug-likeness (QED) is 0.734. The second-order valence-corrected chi connectivity index (χ2v) is 4.00. The van der Waals surface area contributed by atoms with Gasteiger partial charge < -0.3 is 14.9 Å².